The van der Waals surface area contributed by atoms with Crippen molar-refractivity contribution in [2.24, 2.45) is 5.73 Å². The molecule has 0 radical (unpaired) electrons. The molecular weight excluding hydrogens is 164 g/mol. The lowest BCUT2D eigenvalue weighted by Crippen LogP contribution is -2.37. The summed E-state index contributed by atoms with van der Waals surface area (Å²) < 4.78 is 0. The minimum Gasteiger partial charge on any atom is -0.352 e. The van der Waals surface area contributed by atoms with Gasteiger partial charge >= 0.3 is 6.03 Å². The molecule has 0 aliphatic heterocycles. The third-order valence-corrected chi connectivity index (χ3v) is 1.77. The maximum atomic E-state index is 10.5. The lowest BCUT2D eigenvalue weighted by Gasteiger charge is -2.11. The largest absolute Gasteiger partial charge is 0.352 e. The number of carbonyl (C=O) groups is 1. The highest BCUT2D eigenvalue weighted by Gasteiger charge is 2.03. The van der Waals surface area contributed by atoms with Gasteiger partial charge in [-0.05, 0) is 18.9 Å². The molecule has 0 unspecified atom stereocenters. The molecule has 0 aliphatic carbocycles. The Balaban J connectivity index is 2.45. The van der Waals surface area contributed by atoms with Crippen LogP contribution in [0.1, 0.15) is 12.5 Å². The van der Waals surface area contributed by atoms with Gasteiger partial charge in [0.2, 0.25) is 0 Å². The van der Waals surface area contributed by atoms with Crippen LogP contribution in [0.2, 0.25) is 0 Å². The minimum atomic E-state index is -0.469. The summed E-state index contributed by atoms with van der Waals surface area (Å²) in [5.74, 6) is 0. The Morgan fingerprint density at radius 1 is 1.46 bits per heavy atom. The first-order valence-corrected chi connectivity index (χ1v) is 4.28. The number of hydrogen-bond donors (Lipinski definition) is 2. The summed E-state index contributed by atoms with van der Waals surface area (Å²) >= 11 is 0. The van der Waals surface area contributed by atoms with Crippen molar-refractivity contribution >= 4 is 6.03 Å². The minimum absolute atomic E-state index is 0.0832. The number of carbonyl (C=O) groups excluding carboxylic acids is 1. The first kappa shape index (κ1) is 9.58. The molecular formula is C10H14N2O. The molecule has 1 aromatic carbocycles. The van der Waals surface area contributed by atoms with E-state index in [0.29, 0.717) is 0 Å². The Bertz CT molecular complexity index is 272. The SMILES string of the molecule is C[C@H](Cc1ccccc1)NC(N)=O. The number of rotatable bonds is 3. The highest BCUT2D eigenvalue weighted by Crippen LogP contribution is 2.02. The Morgan fingerprint density at radius 2 is 2.08 bits per heavy atom. The molecule has 0 aromatic heterocycles. The maximum absolute atomic E-state index is 10.5. The van der Waals surface area contributed by atoms with Crippen molar-refractivity contribution in [3.63, 3.8) is 0 Å². The van der Waals surface area contributed by atoms with Crippen molar-refractivity contribution in [1.82, 2.24) is 5.32 Å². The molecule has 2 amide bonds. The molecule has 1 atom stereocenters. The number of hydrogen-bond acceptors (Lipinski definition) is 1. The van der Waals surface area contributed by atoms with Crippen LogP contribution >= 0.6 is 0 Å². The number of nitrogens with two attached hydrogens (primary N) is 1. The van der Waals surface area contributed by atoms with E-state index in [2.05, 4.69) is 5.32 Å². The lowest BCUT2D eigenvalue weighted by atomic mass is 10.1. The van der Waals surface area contributed by atoms with Gasteiger partial charge in [0, 0.05) is 6.04 Å². The Hall–Kier alpha value is -1.51. The highest BCUT2D eigenvalue weighted by molar-refractivity contribution is 5.71. The van der Waals surface area contributed by atoms with E-state index in [1.54, 1.807) is 0 Å². The maximum Gasteiger partial charge on any atom is 0.312 e. The first-order valence-electron chi connectivity index (χ1n) is 4.28. The molecule has 13 heavy (non-hydrogen) atoms. The zero-order valence-electron chi connectivity index (χ0n) is 7.66. The molecule has 1 rings (SSSR count). The van der Waals surface area contributed by atoms with E-state index in [0.717, 1.165) is 6.42 Å². The molecule has 1 aromatic rings. The molecule has 0 heterocycles. The molecule has 0 spiro atoms. The molecule has 3 N–H and O–H groups in total. The van der Waals surface area contributed by atoms with Crippen LogP contribution in [0.4, 0.5) is 4.79 Å². The average Bonchev–Trinajstić information content (AvgIpc) is 2.04. The Kier molecular flexibility index (Phi) is 3.31. The molecule has 0 aliphatic rings. The molecule has 3 heteroatoms. The van der Waals surface area contributed by atoms with Gasteiger partial charge in [-0.1, -0.05) is 30.3 Å². The van der Waals surface area contributed by atoms with Crippen molar-refractivity contribution in [2.45, 2.75) is 19.4 Å². The van der Waals surface area contributed by atoms with Crippen molar-refractivity contribution in [1.29, 1.82) is 0 Å². The summed E-state index contributed by atoms with van der Waals surface area (Å²) in [6.45, 7) is 1.93. The van der Waals surface area contributed by atoms with Crippen LogP contribution in [0.5, 0.6) is 0 Å². The number of urea groups is 1. The van der Waals surface area contributed by atoms with Crippen LogP contribution in [0, 0.1) is 0 Å². The van der Waals surface area contributed by atoms with Gasteiger partial charge in [0.05, 0.1) is 0 Å². The van der Waals surface area contributed by atoms with Crippen LogP contribution in [0.3, 0.4) is 0 Å². The smallest absolute Gasteiger partial charge is 0.312 e. The van der Waals surface area contributed by atoms with Crippen molar-refractivity contribution in [3.05, 3.63) is 35.9 Å². The van der Waals surface area contributed by atoms with Crippen molar-refractivity contribution in [2.75, 3.05) is 0 Å². The van der Waals surface area contributed by atoms with Crippen molar-refractivity contribution in [3.8, 4) is 0 Å². The topological polar surface area (TPSA) is 55.1 Å². The molecule has 0 saturated heterocycles. The fourth-order valence-corrected chi connectivity index (χ4v) is 1.26. The van der Waals surface area contributed by atoms with Crippen LogP contribution in [0.25, 0.3) is 0 Å². The lowest BCUT2D eigenvalue weighted by molar-refractivity contribution is 0.246. The fourth-order valence-electron chi connectivity index (χ4n) is 1.26. The van der Waals surface area contributed by atoms with Gasteiger partial charge < -0.3 is 11.1 Å². The predicted octanol–water partition coefficient (Wildman–Crippen LogP) is 1.29. The second-order valence-corrected chi connectivity index (χ2v) is 3.10. The number of benzene rings is 1. The van der Waals surface area contributed by atoms with Crippen LogP contribution < -0.4 is 11.1 Å². The third-order valence-electron chi connectivity index (χ3n) is 1.77. The monoisotopic (exact) mass is 178 g/mol. The second-order valence-electron chi connectivity index (χ2n) is 3.10. The average molecular weight is 178 g/mol. The molecule has 0 fully saturated rings. The highest BCUT2D eigenvalue weighted by atomic mass is 16.2. The summed E-state index contributed by atoms with van der Waals surface area (Å²) in [5.41, 5.74) is 6.19. The summed E-state index contributed by atoms with van der Waals surface area (Å²) in [5, 5.41) is 2.63. The van der Waals surface area contributed by atoms with Crippen LogP contribution in [-0.4, -0.2) is 12.1 Å². The van der Waals surface area contributed by atoms with Gasteiger partial charge in [-0.3, -0.25) is 0 Å². The van der Waals surface area contributed by atoms with Gasteiger partial charge in [-0.2, -0.15) is 0 Å². The summed E-state index contributed by atoms with van der Waals surface area (Å²) in [7, 11) is 0. The van der Waals surface area contributed by atoms with Gasteiger partial charge in [0.25, 0.3) is 0 Å². The van der Waals surface area contributed by atoms with E-state index in [9.17, 15) is 4.79 Å². The van der Waals surface area contributed by atoms with Gasteiger partial charge in [-0.25, -0.2) is 4.79 Å². The third kappa shape index (κ3) is 3.60. The Labute approximate surface area is 77.9 Å². The zero-order chi connectivity index (χ0) is 9.68. The van der Waals surface area contributed by atoms with E-state index in [1.165, 1.54) is 5.56 Å². The predicted molar refractivity (Wildman–Crippen MR) is 52.3 cm³/mol. The first-order chi connectivity index (χ1) is 6.18. The van der Waals surface area contributed by atoms with Crippen LogP contribution in [-0.2, 0) is 6.42 Å². The second kappa shape index (κ2) is 4.50. The van der Waals surface area contributed by atoms with E-state index in [4.69, 9.17) is 5.73 Å². The van der Waals surface area contributed by atoms with E-state index in [-0.39, 0.29) is 6.04 Å². The summed E-state index contributed by atoms with van der Waals surface area (Å²) in [6, 6.07) is 9.59. The van der Waals surface area contributed by atoms with E-state index < -0.39 is 6.03 Å². The van der Waals surface area contributed by atoms with Crippen LogP contribution in [0.15, 0.2) is 30.3 Å². The Morgan fingerprint density at radius 3 is 2.62 bits per heavy atom. The number of primary amides is 1. The fraction of sp³-hybridized carbons (Fsp3) is 0.300. The molecule has 0 saturated carbocycles. The normalized spacial score (nSPS) is 12.1. The molecule has 0 bridgehead atoms. The van der Waals surface area contributed by atoms with Gasteiger partial charge in [-0.15, -0.1) is 0 Å². The zero-order valence-corrected chi connectivity index (χ0v) is 7.66. The molecule has 3 nitrogen and oxygen atoms in total. The van der Waals surface area contributed by atoms with Gasteiger partial charge in [0.15, 0.2) is 0 Å². The quantitative estimate of drug-likeness (QED) is 0.719. The standard InChI is InChI=1S/C10H14N2O/c1-8(12-10(11)13)7-9-5-3-2-4-6-9/h2-6,8H,7H2,1H3,(H3,11,12,13)/t8-/m1/s1. The summed E-state index contributed by atoms with van der Waals surface area (Å²) in [4.78, 5) is 10.5. The summed E-state index contributed by atoms with van der Waals surface area (Å²) in [6.07, 6.45) is 0.809. The van der Waals surface area contributed by atoms with E-state index in [1.807, 2.05) is 37.3 Å². The van der Waals surface area contributed by atoms with Crippen molar-refractivity contribution < 1.29 is 4.79 Å². The number of amides is 2. The van der Waals surface area contributed by atoms with Gasteiger partial charge in [0.1, 0.15) is 0 Å². The molecule has 70 valence electrons. The number of nitrogens with one attached hydrogen (secondary N) is 1. The van der Waals surface area contributed by atoms with E-state index >= 15 is 0 Å².